The number of hydrogen-bond acceptors (Lipinski definition) is 2. The molecule has 1 unspecified atom stereocenters. The van der Waals surface area contributed by atoms with Crippen LogP contribution in [-0.4, -0.2) is 17.8 Å². The van der Waals surface area contributed by atoms with E-state index in [0.717, 1.165) is 30.5 Å². The van der Waals surface area contributed by atoms with Crippen molar-refractivity contribution in [2.24, 2.45) is 0 Å². The molecule has 0 radical (unpaired) electrons. The van der Waals surface area contributed by atoms with Crippen LogP contribution >= 0.6 is 0 Å². The minimum atomic E-state index is -0.902. The van der Waals surface area contributed by atoms with E-state index in [9.17, 15) is 4.39 Å². The largest absolute Gasteiger partial charge is 0.489 e. The maximum atomic E-state index is 13.9. The van der Waals surface area contributed by atoms with Crippen molar-refractivity contribution in [1.29, 1.82) is 0 Å². The van der Waals surface area contributed by atoms with Crippen LogP contribution in [-0.2, 0) is 6.42 Å². The average molecular weight is 414 g/mol. The number of nitrogens with zero attached hydrogens (tertiary/aromatic N) is 1. The monoisotopic (exact) mass is 413 g/mol. The molecule has 0 aliphatic heterocycles. The molecule has 0 spiro atoms. The van der Waals surface area contributed by atoms with Crippen molar-refractivity contribution in [1.82, 2.24) is 4.98 Å². The molecule has 0 amide bonds. The lowest BCUT2D eigenvalue weighted by molar-refractivity contribution is 0.183. The molecule has 0 fully saturated rings. The Morgan fingerprint density at radius 2 is 1.47 bits per heavy atom. The van der Waals surface area contributed by atoms with Crippen LogP contribution in [0.5, 0.6) is 5.75 Å². The van der Waals surface area contributed by atoms with Crippen molar-refractivity contribution in [3.05, 3.63) is 48.2 Å². The fourth-order valence-corrected chi connectivity index (χ4v) is 3.65. The zero-order valence-electron chi connectivity index (χ0n) is 19.0. The summed E-state index contributed by atoms with van der Waals surface area (Å²) in [5.74, 6) is 0.634. The number of rotatable bonds is 16. The molecule has 1 aromatic heterocycles. The number of hydrogen-bond donors (Lipinski definition) is 0. The summed E-state index contributed by atoms with van der Waals surface area (Å²) < 4.78 is 19.5. The summed E-state index contributed by atoms with van der Waals surface area (Å²) in [6.45, 7) is 4.53. The maximum Gasteiger partial charge on any atom is 0.137 e. The second-order valence-electron chi connectivity index (χ2n) is 8.35. The van der Waals surface area contributed by atoms with Crippen molar-refractivity contribution in [2.75, 3.05) is 6.61 Å². The molecule has 0 saturated carbocycles. The second kappa shape index (κ2) is 15.0. The van der Waals surface area contributed by atoms with Crippen LogP contribution < -0.4 is 4.74 Å². The predicted octanol–water partition coefficient (Wildman–Crippen LogP) is 8.34. The first-order chi connectivity index (χ1) is 14.7. The zero-order valence-corrected chi connectivity index (χ0v) is 19.0. The zero-order chi connectivity index (χ0) is 21.4. The Hall–Kier alpha value is -1.90. The third-order valence-electron chi connectivity index (χ3n) is 5.61. The number of pyridine rings is 1. The number of aromatic nitrogens is 1. The molecule has 166 valence electrons. The van der Waals surface area contributed by atoms with Gasteiger partial charge in [0, 0.05) is 5.56 Å². The highest BCUT2D eigenvalue weighted by atomic mass is 19.1. The normalized spacial score (nSPS) is 12.1. The van der Waals surface area contributed by atoms with E-state index in [1.165, 1.54) is 56.9 Å². The van der Waals surface area contributed by atoms with E-state index < -0.39 is 6.17 Å². The van der Waals surface area contributed by atoms with Crippen LogP contribution in [0.4, 0.5) is 4.39 Å². The molecule has 1 atom stereocenters. The number of alkyl halides is 1. The molecule has 1 heterocycles. The topological polar surface area (TPSA) is 22.1 Å². The summed E-state index contributed by atoms with van der Waals surface area (Å²) in [7, 11) is 0. The van der Waals surface area contributed by atoms with Gasteiger partial charge in [-0.1, -0.05) is 95.9 Å². The number of ether oxygens (including phenoxy) is 1. The second-order valence-corrected chi connectivity index (χ2v) is 8.35. The van der Waals surface area contributed by atoms with Crippen LogP contribution in [0.2, 0.25) is 0 Å². The molecule has 3 heteroatoms. The standard InChI is InChI=1S/C27H40FNO/c1-3-5-7-9-10-11-13-23-15-17-24(18-16-23)27-20-19-26(21-29-27)30-22-25(28)14-12-8-6-4-2/h15-21,25H,3-14,22H2,1-2H3. The van der Waals surface area contributed by atoms with Crippen molar-refractivity contribution < 1.29 is 9.13 Å². The lowest BCUT2D eigenvalue weighted by Gasteiger charge is -2.11. The summed E-state index contributed by atoms with van der Waals surface area (Å²) in [4.78, 5) is 4.50. The van der Waals surface area contributed by atoms with Gasteiger partial charge in [-0.15, -0.1) is 0 Å². The van der Waals surface area contributed by atoms with E-state index in [1.807, 2.05) is 12.1 Å². The third-order valence-corrected chi connectivity index (χ3v) is 5.61. The Morgan fingerprint density at radius 1 is 0.800 bits per heavy atom. The van der Waals surface area contributed by atoms with Gasteiger partial charge in [-0.2, -0.15) is 0 Å². The van der Waals surface area contributed by atoms with E-state index in [2.05, 4.69) is 43.1 Å². The first-order valence-corrected chi connectivity index (χ1v) is 12.0. The number of unbranched alkanes of at least 4 members (excludes halogenated alkanes) is 8. The highest BCUT2D eigenvalue weighted by Crippen LogP contribution is 2.21. The van der Waals surface area contributed by atoms with E-state index in [1.54, 1.807) is 6.20 Å². The molecule has 2 aromatic rings. The minimum absolute atomic E-state index is 0.111. The Labute approximate surface area is 183 Å². The van der Waals surface area contributed by atoms with Crippen LogP contribution in [0, 0.1) is 0 Å². The first-order valence-electron chi connectivity index (χ1n) is 12.0. The van der Waals surface area contributed by atoms with E-state index in [4.69, 9.17) is 4.74 Å². The minimum Gasteiger partial charge on any atom is -0.489 e. The van der Waals surface area contributed by atoms with Gasteiger partial charge in [0.1, 0.15) is 18.5 Å². The van der Waals surface area contributed by atoms with Crippen LogP contribution in [0.15, 0.2) is 42.6 Å². The van der Waals surface area contributed by atoms with E-state index in [-0.39, 0.29) is 6.61 Å². The van der Waals surface area contributed by atoms with Crippen LogP contribution in [0.25, 0.3) is 11.3 Å². The van der Waals surface area contributed by atoms with Crippen LogP contribution in [0.3, 0.4) is 0 Å². The van der Waals surface area contributed by atoms with Gasteiger partial charge in [-0.25, -0.2) is 4.39 Å². The smallest absolute Gasteiger partial charge is 0.137 e. The Bertz CT molecular complexity index is 668. The summed E-state index contributed by atoms with van der Waals surface area (Å²) in [6, 6.07) is 12.5. The van der Waals surface area contributed by atoms with Crippen molar-refractivity contribution in [3.63, 3.8) is 0 Å². The lowest BCUT2D eigenvalue weighted by atomic mass is 10.0. The highest BCUT2D eigenvalue weighted by molar-refractivity contribution is 5.59. The van der Waals surface area contributed by atoms with Gasteiger partial charge in [-0.05, 0) is 37.0 Å². The molecule has 0 aliphatic carbocycles. The van der Waals surface area contributed by atoms with Crippen molar-refractivity contribution in [3.8, 4) is 17.0 Å². The molecule has 30 heavy (non-hydrogen) atoms. The van der Waals surface area contributed by atoms with Crippen molar-refractivity contribution in [2.45, 2.75) is 97.1 Å². The van der Waals surface area contributed by atoms with E-state index in [0.29, 0.717) is 12.2 Å². The summed E-state index contributed by atoms with van der Waals surface area (Å²) in [5.41, 5.74) is 3.42. The molecule has 2 nitrogen and oxygen atoms in total. The van der Waals surface area contributed by atoms with Gasteiger partial charge in [-0.3, -0.25) is 4.98 Å². The fourth-order valence-electron chi connectivity index (χ4n) is 3.65. The molecule has 0 bridgehead atoms. The quantitative estimate of drug-likeness (QED) is 0.258. The van der Waals surface area contributed by atoms with Gasteiger partial charge in [0.2, 0.25) is 0 Å². The fraction of sp³-hybridized carbons (Fsp3) is 0.593. The number of aryl methyl sites for hydroxylation is 1. The maximum absolute atomic E-state index is 13.9. The molecule has 1 aromatic carbocycles. The average Bonchev–Trinajstić information content (AvgIpc) is 2.78. The predicted molar refractivity (Wildman–Crippen MR) is 126 cm³/mol. The molecular weight excluding hydrogens is 373 g/mol. The number of benzene rings is 1. The lowest BCUT2D eigenvalue weighted by Crippen LogP contribution is -2.12. The van der Waals surface area contributed by atoms with E-state index >= 15 is 0 Å². The highest BCUT2D eigenvalue weighted by Gasteiger charge is 2.08. The van der Waals surface area contributed by atoms with Gasteiger partial charge in [0.05, 0.1) is 11.9 Å². The van der Waals surface area contributed by atoms with Crippen LogP contribution in [0.1, 0.15) is 90.0 Å². The molecule has 0 aliphatic rings. The Morgan fingerprint density at radius 3 is 2.13 bits per heavy atom. The molecule has 0 saturated heterocycles. The van der Waals surface area contributed by atoms with Gasteiger partial charge in [0.25, 0.3) is 0 Å². The molecule has 0 N–H and O–H groups in total. The third kappa shape index (κ3) is 9.73. The van der Waals surface area contributed by atoms with Gasteiger partial charge in [0.15, 0.2) is 0 Å². The summed E-state index contributed by atoms with van der Waals surface area (Å²) in [6.07, 6.45) is 14.9. The van der Waals surface area contributed by atoms with Crippen molar-refractivity contribution >= 4 is 0 Å². The SMILES string of the molecule is CCCCCCCCc1ccc(-c2ccc(OCC(F)CCCCCC)cn2)cc1. The molecular formula is C27H40FNO. The van der Waals surface area contributed by atoms with Gasteiger partial charge >= 0.3 is 0 Å². The summed E-state index contributed by atoms with van der Waals surface area (Å²) in [5, 5.41) is 0. The molecule has 2 rings (SSSR count). The van der Waals surface area contributed by atoms with Gasteiger partial charge < -0.3 is 4.74 Å². The Balaban J connectivity index is 1.72. The number of halogens is 1. The Kier molecular flexibility index (Phi) is 12.2. The first kappa shape index (κ1) is 24.4. The summed E-state index contributed by atoms with van der Waals surface area (Å²) >= 11 is 0.